The molecule has 1 aromatic carbocycles. The number of nitrogens with one attached hydrogen (secondary N) is 1. The fraction of sp³-hybridized carbons (Fsp3) is 0.385. The van der Waals surface area contributed by atoms with E-state index in [-0.39, 0.29) is 23.6 Å². The fourth-order valence-electron chi connectivity index (χ4n) is 1.76. The number of hydrogen-bond donors (Lipinski definition) is 3. The van der Waals surface area contributed by atoms with E-state index < -0.39 is 21.9 Å². The fourth-order valence-corrected chi connectivity index (χ4v) is 2.27. The summed E-state index contributed by atoms with van der Waals surface area (Å²) in [6.07, 6.45) is 0.806. The van der Waals surface area contributed by atoms with Gasteiger partial charge in [-0.25, -0.2) is 13.6 Å². The zero-order valence-electron chi connectivity index (χ0n) is 11.6. The lowest BCUT2D eigenvalue weighted by molar-refractivity contribution is -0.142. The molecule has 0 bridgehead atoms. The maximum atomic E-state index is 11.7. The number of carboxylic acid groups (broad SMARTS) is 1. The number of anilines is 1. The highest BCUT2D eigenvalue weighted by Gasteiger charge is 2.16. The van der Waals surface area contributed by atoms with Gasteiger partial charge in [-0.2, -0.15) is 0 Å². The van der Waals surface area contributed by atoms with Gasteiger partial charge in [0.1, 0.15) is 0 Å². The summed E-state index contributed by atoms with van der Waals surface area (Å²) in [5, 5.41) is 16.4. The van der Waals surface area contributed by atoms with Crippen molar-refractivity contribution in [2.75, 3.05) is 5.32 Å². The molecule has 0 saturated carbocycles. The summed E-state index contributed by atoms with van der Waals surface area (Å²) in [5.41, 5.74) is 0.427. The summed E-state index contributed by atoms with van der Waals surface area (Å²) in [5.74, 6) is -1.78. The Morgan fingerprint density at radius 2 is 1.86 bits per heavy atom. The van der Waals surface area contributed by atoms with E-state index in [1.807, 2.05) is 0 Å². The molecule has 0 unspecified atom stereocenters. The maximum absolute atomic E-state index is 11.7. The van der Waals surface area contributed by atoms with Crippen molar-refractivity contribution in [1.82, 2.24) is 0 Å². The lowest BCUT2D eigenvalue weighted by Crippen LogP contribution is -2.18. The van der Waals surface area contributed by atoms with Crippen LogP contribution in [0.1, 0.15) is 26.2 Å². The van der Waals surface area contributed by atoms with Crippen LogP contribution in [0.4, 0.5) is 5.69 Å². The Bertz CT molecular complexity index is 610. The molecule has 0 aliphatic heterocycles. The van der Waals surface area contributed by atoms with Crippen molar-refractivity contribution in [3.63, 3.8) is 0 Å². The van der Waals surface area contributed by atoms with Crippen molar-refractivity contribution < 1.29 is 23.1 Å². The largest absolute Gasteiger partial charge is 0.481 e. The Balaban J connectivity index is 2.57. The second kappa shape index (κ2) is 7.19. The summed E-state index contributed by atoms with van der Waals surface area (Å²) >= 11 is 0. The van der Waals surface area contributed by atoms with Crippen molar-refractivity contribution in [1.29, 1.82) is 0 Å². The highest BCUT2D eigenvalue weighted by molar-refractivity contribution is 7.89. The van der Waals surface area contributed by atoms with Gasteiger partial charge in [0.05, 0.1) is 10.8 Å². The third-order valence-electron chi connectivity index (χ3n) is 3.03. The molecule has 0 heterocycles. The standard InChI is InChI=1S/C13H18N2O5S/c1-2-9(13(17)18)3-8-12(16)15-10-4-6-11(7-5-10)21(14,19)20/h4-7,9H,2-3,8H2,1H3,(H,15,16)(H,17,18)(H2,14,19,20)/t9-/m1/s1. The van der Waals surface area contributed by atoms with Gasteiger partial charge < -0.3 is 10.4 Å². The van der Waals surface area contributed by atoms with Gasteiger partial charge in [-0.3, -0.25) is 9.59 Å². The molecular weight excluding hydrogens is 296 g/mol. The number of benzene rings is 1. The molecule has 116 valence electrons. The van der Waals surface area contributed by atoms with Gasteiger partial charge in [0.2, 0.25) is 15.9 Å². The topological polar surface area (TPSA) is 127 Å². The van der Waals surface area contributed by atoms with Crippen LogP contribution in [0.2, 0.25) is 0 Å². The Morgan fingerprint density at radius 3 is 2.29 bits per heavy atom. The van der Waals surface area contributed by atoms with Crippen LogP contribution in [0.25, 0.3) is 0 Å². The number of hydrogen-bond acceptors (Lipinski definition) is 4. The van der Waals surface area contributed by atoms with Gasteiger partial charge in [0.25, 0.3) is 0 Å². The normalized spacial score (nSPS) is 12.7. The quantitative estimate of drug-likeness (QED) is 0.696. The smallest absolute Gasteiger partial charge is 0.306 e. The summed E-state index contributed by atoms with van der Waals surface area (Å²) in [6, 6.07) is 5.42. The molecule has 1 atom stereocenters. The predicted octanol–water partition coefficient (Wildman–Crippen LogP) is 1.16. The highest BCUT2D eigenvalue weighted by Crippen LogP contribution is 2.15. The van der Waals surface area contributed by atoms with Crippen LogP contribution in [0.3, 0.4) is 0 Å². The third-order valence-corrected chi connectivity index (χ3v) is 3.96. The number of amides is 1. The zero-order valence-corrected chi connectivity index (χ0v) is 12.4. The molecule has 0 aromatic heterocycles. The van der Waals surface area contributed by atoms with E-state index in [0.717, 1.165) is 0 Å². The van der Waals surface area contributed by atoms with Crippen LogP contribution < -0.4 is 10.5 Å². The molecule has 0 spiro atoms. The number of primary sulfonamides is 1. The van der Waals surface area contributed by atoms with E-state index in [1.165, 1.54) is 24.3 Å². The summed E-state index contributed by atoms with van der Waals surface area (Å²) in [6.45, 7) is 1.75. The molecule has 1 amide bonds. The number of sulfonamides is 1. The lowest BCUT2D eigenvalue weighted by atomic mass is 10.0. The van der Waals surface area contributed by atoms with E-state index in [2.05, 4.69) is 5.32 Å². The minimum Gasteiger partial charge on any atom is -0.481 e. The summed E-state index contributed by atoms with van der Waals surface area (Å²) < 4.78 is 22.2. The SMILES string of the molecule is CC[C@H](CCC(=O)Nc1ccc(S(N)(=O)=O)cc1)C(=O)O. The predicted molar refractivity (Wildman–Crippen MR) is 77.1 cm³/mol. The minimum absolute atomic E-state index is 0.0441. The molecule has 4 N–H and O–H groups in total. The minimum atomic E-state index is -3.76. The first kappa shape index (κ1) is 17.1. The number of carbonyl (C=O) groups is 2. The maximum Gasteiger partial charge on any atom is 0.306 e. The Labute approximate surface area is 123 Å². The molecule has 0 saturated heterocycles. The van der Waals surface area contributed by atoms with Gasteiger partial charge in [-0.1, -0.05) is 6.92 Å². The molecule has 1 rings (SSSR count). The average Bonchev–Trinajstić information content (AvgIpc) is 2.38. The molecule has 0 radical (unpaired) electrons. The first-order valence-corrected chi connectivity index (χ1v) is 7.94. The molecule has 8 heteroatoms. The summed E-state index contributed by atoms with van der Waals surface area (Å²) in [7, 11) is -3.76. The van der Waals surface area contributed by atoms with Crippen LogP contribution >= 0.6 is 0 Å². The molecule has 1 aromatic rings. The number of carbonyl (C=O) groups excluding carboxylic acids is 1. The van der Waals surface area contributed by atoms with Crippen molar-refractivity contribution in [3.8, 4) is 0 Å². The Kier molecular flexibility index (Phi) is 5.86. The van der Waals surface area contributed by atoms with E-state index in [9.17, 15) is 18.0 Å². The molecule has 0 aliphatic carbocycles. The number of aliphatic carboxylic acids is 1. The van der Waals surface area contributed by atoms with Crippen LogP contribution in [0.15, 0.2) is 29.2 Å². The first-order valence-electron chi connectivity index (χ1n) is 6.39. The third kappa shape index (κ3) is 5.52. The number of rotatable bonds is 7. The van der Waals surface area contributed by atoms with Gasteiger partial charge >= 0.3 is 5.97 Å². The van der Waals surface area contributed by atoms with Crippen LogP contribution in [-0.4, -0.2) is 25.4 Å². The molecule has 21 heavy (non-hydrogen) atoms. The second-order valence-electron chi connectivity index (χ2n) is 4.60. The van der Waals surface area contributed by atoms with E-state index >= 15 is 0 Å². The molecule has 0 fully saturated rings. The van der Waals surface area contributed by atoms with Crippen molar-refractivity contribution in [2.24, 2.45) is 11.1 Å². The van der Waals surface area contributed by atoms with Gasteiger partial charge in [-0.15, -0.1) is 0 Å². The van der Waals surface area contributed by atoms with Crippen LogP contribution in [-0.2, 0) is 19.6 Å². The molecule has 7 nitrogen and oxygen atoms in total. The van der Waals surface area contributed by atoms with E-state index in [1.54, 1.807) is 6.92 Å². The van der Waals surface area contributed by atoms with Crippen LogP contribution in [0.5, 0.6) is 0 Å². The molecular formula is C13H18N2O5S. The van der Waals surface area contributed by atoms with E-state index in [4.69, 9.17) is 10.2 Å². The second-order valence-corrected chi connectivity index (χ2v) is 6.16. The van der Waals surface area contributed by atoms with Crippen LogP contribution in [0, 0.1) is 5.92 Å². The zero-order chi connectivity index (χ0) is 16.0. The monoisotopic (exact) mass is 314 g/mol. The van der Waals surface area contributed by atoms with Crippen molar-refractivity contribution in [3.05, 3.63) is 24.3 Å². The van der Waals surface area contributed by atoms with E-state index in [0.29, 0.717) is 12.1 Å². The van der Waals surface area contributed by atoms with Gasteiger partial charge in [0, 0.05) is 12.1 Å². The van der Waals surface area contributed by atoms with Crippen molar-refractivity contribution >= 4 is 27.6 Å². The van der Waals surface area contributed by atoms with Gasteiger partial charge in [-0.05, 0) is 37.1 Å². The van der Waals surface area contributed by atoms with Gasteiger partial charge in [0.15, 0.2) is 0 Å². The lowest BCUT2D eigenvalue weighted by Gasteiger charge is -2.10. The first-order chi connectivity index (χ1) is 9.74. The number of nitrogens with two attached hydrogens (primary N) is 1. The Morgan fingerprint density at radius 1 is 1.29 bits per heavy atom. The number of carboxylic acids is 1. The average molecular weight is 314 g/mol. The molecule has 0 aliphatic rings. The Hall–Kier alpha value is -1.93. The summed E-state index contributed by atoms with van der Waals surface area (Å²) in [4.78, 5) is 22.5. The highest BCUT2D eigenvalue weighted by atomic mass is 32.2. The van der Waals surface area contributed by atoms with Crippen molar-refractivity contribution in [2.45, 2.75) is 31.1 Å².